The van der Waals surface area contributed by atoms with Gasteiger partial charge in [0, 0.05) is 17.8 Å². The van der Waals surface area contributed by atoms with E-state index in [-0.39, 0.29) is 12.6 Å². The molecule has 0 heterocycles. The molecule has 0 aliphatic rings. The van der Waals surface area contributed by atoms with E-state index < -0.39 is 5.54 Å². The minimum atomic E-state index is -0.404. The van der Waals surface area contributed by atoms with E-state index in [4.69, 9.17) is 9.84 Å². The minimum Gasteiger partial charge on any atom is -0.497 e. The Labute approximate surface area is 120 Å². The highest BCUT2D eigenvalue weighted by molar-refractivity contribution is 5.90. The summed E-state index contributed by atoms with van der Waals surface area (Å²) in [6.07, 6.45) is 1.28. The summed E-state index contributed by atoms with van der Waals surface area (Å²) < 4.78 is 5.13. The van der Waals surface area contributed by atoms with Crippen molar-refractivity contribution < 1.29 is 14.6 Å². The van der Waals surface area contributed by atoms with Crippen LogP contribution in [0.4, 0.5) is 10.5 Å². The lowest BCUT2D eigenvalue weighted by molar-refractivity contribution is 0.208. The number of hydrogen-bond acceptors (Lipinski definition) is 3. The van der Waals surface area contributed by atoms with E-state index in [1.54, 1.807) is 13.2 Å². The first-order valence-corrected chi connectivity index (χ1v) is 6.78. The van der Waals surface area contributed by atoms with Gasteiger partial charge in [0.25, 0.3) is 0 Å². The van der Waals surface area contributed by atoms with Gasteiger partial charge >= 0.3 is 6.03 Å². The molecule has 112 valence electrons. The van der Waals surface area contributed by atoms with Crippen molar-refractivity contribution in [2.24, 2.45) is 0 Å². The SMILES string of the molecule is CCC(C)(CCO)NC(=O)Nc1ccc(OC)cc1C. The van der Waals surface area contributed by atoms with Crippen LogP contribution in [0.15, 0.2) is 18.2 Å². The Morgan fingerprint density at radius 2 is 2.15 bits per heavy atom. The second-order valence-corrected chi connectivity index (χ2v) is 5.15. The molecule has 1 atom stereocenters. The Hall–Kier alpha value is -1.75. The van der Waals surface area contributed by atoms with Crippen LogP contribution in [0.1, 0.15) is 32.3 Å². The standard InChI is InChI=1S/C15H24N2O3/c1-5-15(3,8-9-18)17-14(19)16-13-7-6-12(20-4)10-11(13)2/h6-7,10,18H,5,8-9H2,1-4H3,(H2,16,17,19). The molecule has 0 aliphatic heterocycles. The van der Waals surface area contributed by atoms with Crippen molar-refractivity contribution >= 4 is 11.7 Å². The summed E-state index contributed by atoms with van der Waals surface area (Å²) in [5.74, 6) is 0.757. The average Bonchev–Trinajstić information content (AvgIpc) is 2.41. The molecule has 2 amide bonds. The average molecular weight is 280 g/mol. The van der Waals surface area contributed by atoms with Gasteiger partial charge in [-0.1, -0.05) is 6.92 Å². The zero-order valence-electron chi connectivity index (χ0n) is 12.6. The highest BCUT2D eigenvalue weighted by Crippen LogP contribution is 2.21. The number of aliphatic hydroxyl groups is 1. The molecule has 0 aromatic heterocycles. The van der Waals surface area contributed by atoms with Gasteiger partial charge < -0.3 is 20.5 Å². The molecule has 5 heteroatoms. The highest BCUT2D eigenvalue weighted by atomic mass is 16.5. The van der Waals surface area contributed by atoms with Crippen LogP contribution in [0.5, 0.6) is 5.75 Å². The minimum absolute atomic E-state index is 0.0478. The van der Waals surface area contributed by atoms with Gasteiger partial charge in [-0.2, -0.15) is 0 Å². The lowest BCUT2D eigenvalue weighted by Crippen LogP contribution is -2.48. The fraction of sp³-hybridized carbons (Fsp3) is 0.533. The third-order valence-corrected chi connectivity index (χ3v) is 3.54. The Morgan fingerprint density at radius 3 is 2.65 bits per heavy atom. The number of benzene rings is 1. The molecular weight excluding hydrogens is 256 g/mol. The number of aliphatic hydroxyl groups excluding tert-OH is 1. The molecule has 1 aromatic carbocycles. The largest absolute Gasteiger partial charge is 0.497 e. The van der Waals surface area contributed by atoms with Gasteiger partial charge in [0.2, 0.25) is 0 Å². The maximum atomic E-state index is 12.0. The van der Waals surface area contributed by atoms with Crippen molar-refractivity contribution in [3.8, 4) is 5.75 Å². The zero-order chi connectivity index (χ0) is 15.2. The van der Waals surface area contributed by atoms with Gasteiger partial charge in [-0.05, 0) is 50.5 Å². The number of carbonyl (C=O) groups excluding carboxylic acids is 1. The molecule has 1 unspecified atom stereocenters. The molecule has 5 nitrogen and oxygen atoms in total. The molecule has 0 spiro atoms. The summed E-state index contributed by atoms with van der Waals surface area (Å²) in [4.78, 5) is 12.0. The number of nitrogens with one attached hydrogen (secondary N) is 2. The molecular formula is C15H24N2O3. The molecule has 3 N–H and O–H groups in total. The van der Waals surface area contributed by atoms with Crippen LogP contribution in [0.25, 0.3) is 0 Å². The molecule has 0 saturated carbocycles. The van der Waals surface area contributed by atoms with E-state index in [9.17, 15) is 4.79 Å². The summed E-state index contributed by atoms with van der Waals surface area (Å²) >= 11 is 0. The topological polar surface area (TPSA) is 70.6 Å². The Balaban J connectivity index is 2.71. The molecule has 1 aromatic rings. The maximum Gasteiger partial charge on any atom is 0.319 e. The number of carbonyl (C=O) groups is 1. The van der Waals surface area contributed by atoms with E-state index >= 15 is 0 Å². The number of aryl methyl sites for hydroxylation is 1. The van der Waals surface area contributed by atoms with Crippen LogP contribution in [-0.2, 0) is 0 Å². The quantitative estimate of drug-likeness (QED) is 0.750. The van der Waals surface area contributed by atoms with E-state index in [1.807, 2.05) is 32.9 Å². The number of rotatable bonds is 6. The number of urea groups is 1. The maximum absolute atomic E-state index is 12.0. The first-order chi connectivity index (χ1) is 9.44. The number of hydrogen-bond donors (Lipinski definition) is 3. The predicted octanol–water partition coefficient (Wildman–Crippen LogP) is 2.68. The smallest absolute Gasteiger partial charge is 0.319 e. The van der Waals surface area contributed by atoms with Crippen LogP contribution in [0, 0.1) is 6.92 Å². The summed E-state index contributed by atoms with van der Waals surface area (Å²) in [7, 11) is 1.61. The second-order valence-electron chi connectivity index (χ2n) is 5.15. The van der Waals surface area contributed by atoms with Crippen LogP contribution >= 0.6 is 0 Å². The molecule has 0 fully saturated rings. The summed E-state index contributed by atoms with van der Waals surface area (Å²) in [5.41, 5.74) is 1.27. The van der Waals surface area contributed by atoms with Crippen LogP contribution in [-0.4, -0.2) is 30.4 Å². The number of anilines is 1. The lowest BCUT2D eigenvalue weighted by atomic mass is 9.95. The lowest BCUT2D eigenvalue weighted by Gasteiger charge is -2.29. The molecule has 20 heavy (non-hydrogen) atoms. The normalized spacial score (nSPS) is 13.4. The first-order valence-electron chi connectivity index (χ1n) is 6.78. The molecule has 0 aliphatic carbocycles. The van der Waals surface area contributed by atoms with Crippen LogP contribution in [0.3, 0.4) is 0 Å². The van der Waals surface area contributed by atoms with Crippen LogP contribution < -0.4 is 15.4 Å². The van der Waals surface area contributed by atoms with E-state index in [0.717, 1.165) is 23.4 Å². The molecule has 0 saturated heterocycles. The fourth-order valence-corrected chi connectivity index (χ4v) is 1.91. The molecule has 0 bridgehead atoms. The van der Waals surface area contributed by atoms with Crippen molar-refractivity contribution in [2.45, 2.75) is 39.2 Å². The summed E-state index contributed by atoms with van der Waals surface area (Å²) in [6, 6.07) is 5.21. The molecule has 1 rings (SSSR count). The van der Waals surface area contributed by atoms with Gasteiger partial charge in [-0.3, -0.25) is 0 Å². The van der Waals surface area contributed by atoms with E-state index in [1.165, 1.54) is 0 Å². The summed E-state index contributed by atoms with van der Waals surface area (Å²) in [6.45, 7) is 5.86. The van der Waals surface area contributed by atoms with Gasteiger partial charge in [-0.25, -0.2) is 4.79 Å². The van der Waals surface area contributed by atoms with Crippen LogP contribution in [0.2, 0.25) is 0 Å². The Bertz CT molecular complexity index is 462. The third-order valence-electron chi connectivity index (χ3n) is 3.54. The molecule has 0 radical (unpaired) electrons. The van der Waals surface area contributed by atoms with Gasteiger partial charge in [0.1, 0.15) is 5.75 Å². The van der Waals surface area contributed by atoms with E-state index in [2.05, 4.69) is 10.6 Å². The van der Waals surface area contributed by atoms with E-state index in [0.29, 0.717) is 6.42 Å². The predicted molar refractivity (Wildman–Crippen MR) is 80.3 cm³/mol. The zero-order valence-corrected chi connectivity index (χ0v) is 12.6. The van der Waals surface area contributed by atoms with Crippen molar-refractivity contribution in [1.82, 2.24) is 5.32 Å². The summed E-state index contributed by atoms with van der Waals surface area (Å²) in [5, 5.41) is 14.8. The fourth-order valence-electron chi connectivity index (χ4n) is 1.91. The second kappa shape index (κ2) is 7.14. The van der Waals surface area contributed by atoms with Crippen molar-refractivity contribution in [1.29, 1.82) is 0 Å². The number of methoxy groups -OCH3 is 1. The van der Waals surface area contributed by atoms with Gasteiger partial charge in [0.05, 0.1) is 7.11 Å². The Kier molecular flexibility index (Phi) is 5.82. The number of amides is 2. The third kappa shape index (κ3) is 4.42. The monoisotopic (exact) mass is 280 g/mol. The van der Waals surface area contributed by atoms with Gasteiger partial charge in [0.15, 0.2) is 0 Å². The first kappa shape index (κ1) is 16.3. The highest BCUT2D eigenvalue weighted by Gasteiger charge is 2.23. The van der Waals surface area contributed by atoms with Crippen molar-refractivity contribution in [3.63, 3.8) is 0 Å². The van der Waals surface area contributed by atoms with Crippen molar-refractivity contribution in [3.05, 3.63) is 23.8 Å². The Morgan fingerprint density at radius 1 is 1.45 bits per heavy atom. The van der Waals surface area contributed by atoms with Gasteiger partial charge in [-0.15, -0.1) is 0 Å². The van der Waals surface area contributed by atoms with Crippen molar-refractivity contribution in [2.75, 3.05) is 19.0 Å². The number of ether oxygens (including phenoxy) is 1.